The second-order valence-electron chi connectivity index (χ2n) is 7.57. The van der Waals surface area contributed by atoms with Crippen LogP contribution in [-0.4, -0.2) is 11.0 Å². The van der Waals surface area contributed by atoms with Gasteiger partial charge in [-0.1, -0.05) is 74.5 Å². The van der Waals surface area contributed by atoms with E-state index in [0.717, 1.165) is 23.4 Å². The van der Waals surface area contributed by atoms with E-state index in [4.69, 9.17) is 4.74 Å². The lowest BCUT2D eigenvalue weighted by molar-refractivity contribution is -0.149. The van der Waals surface area contributed by atoms with Gasteiger partial charge in [0.15, 0.2) is 0 Å². The van der Waals surface area contributed by atoms with E-state index in [1.807, 2.05) is 62.4 Å². The van der Waals surface area contributed by atoms with Gasteiger partial charge >= 0.3 is 5.97 Å². The van der Waals surface area contributed by atoms with Crippen molar-refractivity contribution in [3.8, 4) is 0 Å². The van der Waals surface area contributed by atoms with Gasteiger partial charge in [-0.15, -0.1) is 0 Å². The molecule has 0 aliphatic heterocycles. The van der Waals surface area contributed by atoms with E-state index in [1.54, 1.807) is 12.1 Å². The Morgan fingerprint density at radius 1 is 0.967 bits per heavy atom. The summed E-state index contributed by atoms with van der Waals surface area (Å²) in [6.45, 7) is 4.08. The predicted molar refractivity (Wildman–Crippen MR) is 117 cm³/mol. The predicted octanol–water partition coefficient (Wildman–Crippen LogP) is 5.84. The number of nitrogens with zero attached hydrogens (tertiary/aromatic N) is 1. The van der Waals surface area contributed by atoms with Gasteiger partial charge < -0.3 is 4.74 Å². The SMILES string of the molecule is CC(C)C(C=Cc1ccc(F)cc1)C(=O)OCc1cccc(Cc2ccccc2)n1. The largest absolute Gasteiger partial charge is 0.459 e. The number of carbonyl (C=O) groups excluding carboxylic acids is 1. The summed E-state index contributed by atoms with van der Waals surface area (Å²) in [5.41, 5.74) is 3.68. The van der Waals surface area contributed by atoms with Crippen LogP contribution in [-0.2, 0) is 22.6 Å². The molecule has 0 radical (unpaired) electrons. The summed E-state index contributed by atoms with van der Waals surface area (Å²) in [5.74, 6) is -0.887. The van der Waals surface area contributed by atoms with Crippen LogP contribution >= 0.6 is 0 Å². The fourth-order valence-electron chi connectivity index (χ4n) is 3.12. The summed E-state index contributed by atoms with van der Waals surface area (Å²) in [6, 6.07) is 22.1. The van der Waals surface area contributed by atoms with Crippen LogP contribution in [0, 0.1) is 17.7 Å². The maximum Gasteiger partial charge on any atom is 0.313 e. The molecule has 0 saturated carbocycles. The molecule has 1 atom stereocenters. The first-order chi connectivity index (χ1) is 14.5. The highest BCUT2D eigenvalue weighted by Crippen LogP contribution is 2.18. The lowest BCUT2D eigenvalue weighted by Gasteiger charge is -2.16. The first kappa shape index (κ1) is 21.4. The van der Waals surface area contributed by atoms with E-state index in [-0.39, 0.29) is 30.2 Å². The molecule has 0 fully saturated rings. The van der Waals surface area contributed by atoms with Gasteiger partial charge in [0, 0.05) is 12.1 Å². The van der Waals surface area contributed by atoms with E-state index in [9.17, 15) is 9.18 Å². The van der Waals surface area contributed by atoms with Crippen molar-refractivity contribution in [1.29, 1.82) is 0 Å². The molecule has 3 rings (SSSR count). The Labute approximate surface area is 177 Å². The summed E-state index contributed by atoms with van der Waals surface area (Å²) >= 11 is 0. The maximum absolute atomic E-state index is 13.0. The average Bonchev–Trinajstić information content (AvgIpc) is 2.74. The minimum atomic E-state index is -0.387. The molecule has 1 aromatic heterocycles. The molecule has 0 spiro atoms. The topological polar surface area (TPSA) is 39.2 Å². The van der Waals surface area contributed by atoms with E-state index in [1.165, 1.54) is 17.7 Å². The number of benzene rings is 2. The molecule has 3 aromatic rings. The van der Waals surface area contributed by atoms with Gasteiger partial charge in [-0.2, -0.15) is 0 Å². The van der Waals surface area contributed by atoms with Crippen molar-refractivity contribution in [2.45, 2.75) is 26.9 Å². The maximum atomic E-state index is 13.0. The van der Waals surface area contributed by atoms with Gasteiger partial charge in [-0.3, -0.25) is 9.78 Å². The number of carbonyl (C=O) groups is 1. The molecule has 3 nitrogen and oxygen atoms in total. The molecule has 0 aliphatic carbocycles. The van der Waals surface area contributed by atoms with Gasteiger partial charge in [0.2, 0.25) is 0 Å². The zero-order valence-corrected chi connectivity index (χ0v) is 17.3. The van der Waals surface area contributed by atoms with Crippen LogP contribution in [0.15, 0.2) is 78.9 Å². The van der Waals surface area contributed by atoms with E-state index >= 15 is 0 Å². The number of hydrogen-bond acceptors (Lipinski definition) is 3. The Bertz CT molecular complexity index is 981. The highest BCUT2D eigenvalue weighted by atomic mass is 19.1. The van der Waals surface area contributed by atoms with Gasteiger partial charge in [-0.25, -0.2) is 4.39 Å². The molecular formula is C26H26FNO2. The Morgan fingerprint density at radius 3 is 2.37 bits per heavy atom. The van der Waals surface area contributed by atoms with Crippen LogP contribution in [0.5, 0.6) is 0 Å². The smallest absolute Gasteiger partial charge is 0.313 e. The molecule has 154 valence electrons. The molecule has 0 amide bonds. The highest BCUT2D eigenvalue weighted by molar-refractivity contribution is 5.76. The second-order valence-corrected chi connectivity index (χ2v) is 7.57. The molecule has 0 N–H and O–H groups in total. The fraction of sp³-hybridized carbons (Fsp3) is 0.231. The van der Waals surface area contributed by atoms with Crippen molar-refractivity contribution in [3.63, 3.8) is 0 Å². The molecule has 0 bridgehead atoms. The van der Waals surface area contributed by atoms with E-state index in [2.05, 4.69) is 17.1 Å². The average molecular weight is 403 g/mol. The Morgan fingerprint density at radius 2 is 1.67 bits per heavy atom. The first-order valence-electron chi connectivity index (χ1n) is 10.1. The van der Waals surface area contributed by atoms with Crippen molar-refractivity contribution in [3.05, 3.63) is 107 Å². The van der Waals surface area contributed by atoms with Gasteiger partial charge in [-0.05, 0) is 41.3 Å². The monoisotopic (exact) mass is 403 g/mol. The van der Waals surface area contributed by atoms with Crippen molar-refractivity contribution in [2.24, 2.45) is 11.8 Å². The summed E-state index contributed by atoms with van der Waals surface area (Å²) in [6.07, 6.45) is 4.38. The molecule has 0 saturated heterocycles. The fourth-order valence-corrected chi connectivity index (χ4v) is 3.12. The molecule has 0 aliphatic rings. The van der Waals surface area contributed by atoms with Crippen molar-refractivity contribution < 1.29 is 13.9 Å². The molecule has 30 heavy (non-hydrogen) atoms. The number of hydrogen-bond donors (Lipinski definition) is 0. The highest BCUT2D eigenvalue weighted by Gasteiger charge is 2.21. The lowest BCUT2D eigenvalue weighted by atomic mass is 9.95. The standard InChI is InChI=1S/C26H26FNO2/c1-19(2)25(16-13-20-11-14-22(27)15-12-20)26(29)30-18-24-10-6-9-23(28-24)17-21-7-4-3-5-8-21/h3-16,19,25H,17-18H2,1-2H3. The Balaban J connectivity index is 1.61. The lowest BCUT2D eigenvalue weighted by Crippen LogP contribution is -2.21. The van der Waals surface area contributed by atoms with Gasteiger partial charge in [0.25, 0.3) is 0 Å². The first-order valence-corrected chi connectivity index (χ1v) is 10.1. The van der Waals surface area contributed by atoms with Crippen LogP contribution < -0.4 is 0 Å². The zero-order chi connectivity index (χ0) is 21.3. The van der Waals surface area contributed by atoms with Crippen LogP contribution in [0.4, 0.5) is 4.39 Å². The number of esters is 1. The van der Waals surface area contributed by atoms with Crippen molar-refractivity contribution >= 4 is 12.0 Å². The minimum Gasteiger partial charge on any atom is -0.459 e. The van der Waals surface area contributed by atoms with Gasteiger partial charge in [0.05, 0.1) is 11.6 Å². The summed E-state index contributed by atoms with van der Waals surface area (Å²) in [5, 5.41) is 0. The quantitative estimate of drug-likeness (QED) is 0.444. The number of rotatable bonds is 8. The van der Waals surface area contributed by atoms with Crippen molar-refractivity contribution in [1.82, 2.24) is 4.98 Å². The molecule has 1 unspecified atom stereocenters. The van der Waals surface area contributed by atoms with E-state index in [0.29, 0.717) is 0 Å². The molecule has 1 heterocycles. The number of aromatic nitrogens is 1. The number of pyridine rings is 1. The van der Waals surface area contributed by atoms with Crippen LogP contribution in [0.2, 0.25) is 0 Å². The van der Waals surface area contributed by atoms with Crippen LogP contribution in [0.3, 0.4) is 0 Å². The Hall–Kier alpha value is -3.27. The third-order valence-corrected chi connectivity index (χ3v) is 4.81. The van der Waals surface area contributed by atoms with E-state index < -0.39 is 0 Å². The normalized spacial score (nSPS) is 12.3. The third-order valence-electron chi connectivity index (χ3n) is 4.81. The number of ether oxygens (including phenoxy) is 1. The Kier molecular flexibility index (Phi) is 7.50. The van der Waals surface area contributed by atoms with Crippen LogP contribution in [0.1, 0.15) is 36.4 Å². The minimum absolute atomic E-state index is 0.0755. The molecule has 2 aromatic carbocycles. The molecular weight excluding hydrogens is 377 g/mol. The summed E-state index contributed by atoms with van der Waals surface area (Å²) in [4.78, 5) is 17.3. The molecule has 4 heteroatoms. The van der Waals surface area contributed by atoms with Crippen LogP contribution in [0.25, 0.3) is 6.08 Å². The second kappa shape index (κ2) is 10.5. The zero-order valence-electron chi connectivity index (χ0n) is 17.3. The summed E-state index contributed by atoms with van der Waals surface area (Å²) < 4.78 is 18.6. The van der Waals surface area contributed by atoms with Crippen molar-refractivity contribution in [2.75, 3.05) is 0 Å². The number of halogens is 1. The third kappa shape index (κ3) is 6.38. The summed E-state index contributed by atoms with van der Waals surface area (Å²) in [7, 11) is 0. The van der Waals surface area contributed by atoms with Gasteiger partial charge in [0.1, 0.15) is 12.4 Å².